The van der Waals surface area contributed by atoms with E-state index in [2.05, 4.69) is 11.4 Å². The summed E-state index contributed by atoms with van der Waals surface area (Å²) in [7, 11) is 0. The van der Waals surface area contributed by atoms with E-state index >= 15 is 0 Å². The Morgan fingerprint density at radius 2 is 2.11 bits per heavy atom. The summed E-state index contributed by atoms with van der Waals surface area (Å²) >= 11 is 13.1. The predicted molar refractivity (Wildman–Crippen MR) is 106 cm³/mol. The van der Waals surface area contributed by atoms with Crippen LogP contribution in [0.4, 0.5) is 5.00 Å². The largest absolute Gasteiger partial charge is 0.452 e. The van der Waals surface area contributed by atoms with E-state index in [1.165, 1.54) is 23.5 Å². The Labute approximate surface area is 170 Å². The lowest BCUT2D eigenvalue weighted by molar-refractivity contribution is -0.142. The minimum absolute atomic E-state index is 0.378. The topological polar surface area (TPSA) is 79.2 Å². The monoisotopic (exact) mass is 420 g/mol. The van der Waals surface area contributed by atoms with Gasteiger partial charge in [-0.1, -0.05) is 29.3 Å². The van der Waals surface area contributed by atoms with Crippen molar-refractivity contribution in [2.45, 2.75) is 19.3 Å². The van der Waals surface area contributed by atoms with Crippen molar-refractivity contribution in [2.24, 2.45) is 0 Å². The number of carbonyl (C=O) groups is 2. The minimum Gasteiger partial charge on any atom is -0.452 e. The number of anilines is 1. The SMILES string of the molecule is N#Cc1c(NC(=O)COC(=O)/C=C/c2ccc(Cl)c(Cl)c2)sc2c1CCC2. The van der Waals surface area contributed by atoms with Crippen LogP contribution in [0.1, 0.15) is 28.0 Å². The van der Waals surface area contributed by atoms with Gasteiger partial charge in [0.15, 0.2) is 6.61 Å². The molecule has 0 atom stereocenters. The first kappa shape index (κ1) is 19.4. The van der Waals surface area contributed by atoms with Crippen LogP contribution < -0.4 is 5.32 Å². The van der Waals surface area contributed by atoms with Crippen LogP contribution in [0.2, 0.25) is 10.0 Å². The van der Waals surface area contributed by atoms with Crippen LogP contribution in [0, 0.1) is 11.3 Å². The number of hydrogen-bond acceptors (Lipinski definition) is 5. The zero-order valence-electron chi connectivity index (χ0n) is 14.1. The molecule has 1 amide bonds. The fourth-order valence-electron chi connectivity index (χ4n) is 2.74. The number of nitrogens with one attached hydrogen (secondary N) is 1. The summed E-state index contributed by atoms with van der Waals surface area (Å²) in [5.74, 6) is -1.15. The smallest absolute Gasteiger partial charge is 0.331 e. The highest BCUT2D eigenvalue weighted by atomic mass is 35.5. The maximum Gasteiger partial charge on any atom is 0.331 e. The number of carbonyl (C=O) groups excluding carboxylic acids is 2. The van der Waals surface area contributed by atoms with Crippen molar-refractivity contribution in [3.05, 3.63) is 55.9 Å². The lowest BCUT2D eigenvalue weighted by Gasteiger charge is -2.04. The maximum atomic E-state index is 12.0. The second-order valence-electron chi connectivity index (χ2n) is 5.84. The molecule has 3 rings (SSSR count). The standard InChI is InChI=1S/C19H14Cl2N2O3S/c20-14-6-4-11(8-15(14)21)5-7-18(25)26-10-17(24)23-19-13(9-22)12-2-1-3-16(12)27-19/h4-8H,1-3,10H2,(H,23,24)/b7-5+. The van der Waals surface area contributed by atoms with E-state index < -0.39 is 18.5 Å². The van der Waals surface area contributed by atoms with Gasteiger partial charge in [-0.25, -0.2) is 4.79 Å². The summed E-state index contributed by atoms with van der Waals surface area (Å²) in [6, 6.07) is 7.08. The zero-order valence-corrected chi connectivity index (χ0v) is 16.4. The Bertz CT molecular complexity index is 976. The van der Waals surface area contributed by atoms with Gasteiger partial charge in [0, 0.05) is 11.0 Å². The second kappa shape index (κ2) is 8.57. The molecule has 1 aromatic carbocycles. The molecule has 1 aliphatic carbocycles. The molecular weight excluding hydrogens is 407 g/mol. The van der Waals surface area contributed by atoms with Crippen LogP contribution in [0.25, 0.3) is 6.08 Å². The highest BCUT2D eigenvalue weighted by Gasteiger charge is 2.23. The summed E-state index contributed by atoms with van der Waals surface area (Å²) < 4.78 is 4.93. The highest BCUT2D eigenvalue weighted by Crippen LogP contribution is 2.38. The quantitative estimate of drug-likeness (QED) is 0.565. The van der Waals surface area contributed by atoms with Crippen molar-refractivity contribution in [3.8, 4) is 6.07 Å². The number of benzene rings is 1. The van der Waals surface area contributed by atoms with E-state index in [-0.39, 0.29) is 0 Å². The summed E-state index contributed by atoms with van der Waals surface area (Å²) in [4.78, 5) is 24.9. The average molecular weight is 421 g/mol. The normalized spacial score (nSPS) is 12.6. The molecule has 2 aromatic rings. The van der Waals surface area contributed by atoms with Crippen molar-refractivity contribution in [3.63, 3.8) is 0 Å². The third-order valence-electron chi connectivity index (χ3n) is 3.99. The van der Waals surface area contributed by atoms with E-state index in [0.29, 0.717) is 26.2 Å². The van der Waals surface area contributed by atoms with E-state index in [0.717, 1.165) is 29.7 Å². The number of ether oxygens (including phenoxy) is 1. The third kappa shape index (κ3) is 4.69. The van der Waals surface area contributed by atoms with Crippen LogP contribution in [0.3, 0.4) is 0 Å². The molecule has 1 N–H and O–H groups in total. The van der Waals surface area contributed by atoms with Crippen molar-refractivity contribution < 1.29 is 14.3 Å². The van der Waals surface area contributed by atoms with Crippen LogP contribution >= 0.6 is 34.5 Å². The van der Waals surface area contributed by atoms with Crippen LogP contribution in [-0.2, 0) is 27.2 Å². The molecule has 0 unspecified atom stereocenters. The third-order valence-corrected chi connectivity index (χ3v) is 5.93. The Kier molecular flexibility index (Phi) is 6.17. The van der Waals surface area contributed by atoms with Gasteiger partial charge in [-0.2, -0.15) is 5.26 Å². The molecule has 0 saturated carbocycles. The molecule has 1 aliphatic rings. The van der Waals surface area contributed by atoms with E-state index in [1.54, 1.807) is 18.2 Å². The first-order chi connectivity index (χ1) is 13.0. The van der Waals surface area contributed by atoms with Gasteiger partial charge in [-0.05, 0) is 48.6 Å². The van der Waals surface area contributed by atoms with Gasteiger partial charge < -0.3 is 10.1 Å². The number of rotatable bonds is 5. The van der Waals surface area contributed by atoms with Gasteiger partial charge in [-0.15, -0.1) is 11.3 Å². The highest BCUT2D eigenvalue weighted by molar-refractivity contribution is 7.16. The van der Waals surface area contributed by atoms with Gasteiger partial charge in [0.1, 0.15) is 11.1 Å². The molecule has 0 fully saturated rings. The van der Waals surface area contributed by atoms with Gasteiger partial charge in [0.25, 0.3) is 5.91 Å². The lowest BCUT2D eigenvalue weighted by atomic mass is 10.1. The molecule has 1 heterocycles. The summed E-state index contributed by atoms with van der Waals surface area (Å²) in [6.45, 7) is -0.433. The molecule has 0 bridgehead atoms. The Morgan fingerprint density at radius 1 is 1.30 bits per heavy atom. The molecule has 138 valence electrons. The number of thiophene rings is 1. The number of amides is 1. The molecule has 1 aromatic heterocycles. The number of nitriles is 1. The molecule has 0 aliphatic heterocycles. The summed E-state index contributed by atoms with van der Waals surface area (Å²) in [5.41, 5.74) is 2.23. The Balaban J connectivity index is 1.53. The summed E-state index contributed by atoms with van der Waals surface area (Å²) in [5, 5.41) is 13.3. The molecule has 27 heavy (non-hydrogen) atoms. The van der Waals surface area contributed by atoms with Gasteiger partial charge in [-0.3, -0.25) is 4.79 Å². The number of fused-ring (bicyclic) bond motifs is 1. The van der Waals surface area contributed by atoms with E-state index in [4.69, 9.17) is 27.9 Å². The lowest BCUT2D eigenvalue weighted by Crippen LogP contribution is -2.20. The van der Waals surface area contributed by atoms with E-state index in [9.17, 15) is 14.9 Å². The number of nitrogens with zero attached hydrogens (tertiary/aromatic N) is 1. The van der Waals surface area contributed by atoms with Gasteiger partial charge in [0.05, 0.1) is 15.6 Å². The molecule has 0 saturated heterocycles. The van der Waals surface area contributed by atoms with Crippen LogP contribution in [0.15, 0.2) is 24.3 Å². The number of halogens is 2. The van der Waals surface area contributed by atoms with E-state index in [1.807, 2.05) is 0 Å². The first-order valence-electron chi connectivity index (χ1n) is 8.12. The fourth-order valence-corrected chi connectivity index (χ4v) is 4.30. The van der Waals surface area contributed by atoms with Crippen LogP contribution in [0.5, 0.6) is 0 Å². The average Bonchev–Trinajstić information content (AvgIpc) is 3.21. The predicted octanol–water partition coefficient (Wildman–Crippen LogP) is 4.61. The molecule has 8 heteroatoms. The Morgan fingerprint density at radius 3 is 2.85 bits per heavy atom. The molecular formula is C19H14Cl2N2O3S. The van der Waals surface area contributed by atoms with Gasteiger partial charge >= 0.3 is 5.97 Å². The van der Waals surface area contributed by atoms with Crippen molar-refractivity contribution >= 4 is 57.5 Å². The van der Waals surface area contributed by atoms with Crippen LogP contribution in [-0.4, -0.2) is 18.5 Å². The summed E-state index contributed by atoms with van der Waals surface area (Å²) in [6.07, 6.45) is 5.54. The minimum atomic E-state index is -0.662. The van der Waals surface area contributed by atoms with Gasteiger partial charge in [0.2, 0.25) is 0 Å². The molecule has 0 radical (unpaired) electrons. The number of hydrogen-bond donors (Lipinski definition) is 1. The first-order valence-corrected chi connectivity index (χ1v) is 9.69. The maximum absolute atomic E-state index is 12.0. The van der Waals surface area contributed by atoms with Crippen molar-refractivity contribution in [1.29, 1.82) is 5.26 Å². The number of aryl methyl sites for hydroxylation is 1. The van der Waals surface area contributed by atoms with Crippen molar-refractivity contribution in [1.82, 2.24) is 0 Å². The molecule has 5 nitrogen and oxygen atoms in total. The number of esters is 1. The Hall–Kier alpha value is -2.33. The molecule has 0 spiro atoms. The second-order valence-corrected chi connectivity index (χ2v) is 7.76. The fraction of sp³-hybridized carbons (Fsp3) is 0.211. The zero-order chi connectivity index (χ0) is 19.4. The van der Waals surface area contributed by atoms with Crippen molar-refractivity contribution in [2.75, 3.05) is 11.9 Å².